The summed E-state index contributed by atoms with van der Waals surface area (Å²) in [5.74, 6) is 0. The normalized spacial score (nSPS) is 22.9. The molecule has 14 heteroatoms. The molecule has 7 aromatic rings. The Morgan fingerprint density at radius 2 is 0.807 bits per heavy atom. The van der Waals surface area contributed by atoms with Gasteiger partial charge in [-0.15, -0.1) is 0 Å². The first-order chi connectivity index (χ1) is 40.4. The fourth-order valence-corrected chi connectivity index (χ4v) is 11.2. The van der Waals surface area contributed by atoms with Gasteiger partial charge in [0.2, 0.25) is 0 Å². The predicted molar refractivity (Wildman–Crippen MR) is 321 cm³/mol. The molecule has 83 heavy (non-hydrogen) atoms. The van der Waals surface area contributed by atoms with Gasteiger partial charge in [-0.25, -0.2) is 4.79 Å². The summed E-state index contributed by atoms with van der Waals surface area (Å²) < 4.78 is 69.8. The number of aliphatic hydroxyl groups excluding tert-OH is 1. The lowest BCUT2D eigenvalue weighted by atomic mass is 9.87. The molecule has 0 aliphatic carbocycles. The minimum Gasteiger partial charge on any atom is -0.445 e. The van der Waals surface area contributed by atoms with E-state index < -0.39 is 75.5 Å². The summed E-state index contributed by atoms with van der Waals surface area (Å²) in [7, 11) is -2.56. The molecule has 7 aromatic carbocycles. The van der Waals surface area contributed by atoms with Gasteiger partial charge < -0.3 is 52.2 Å². The second-order valence-corrected chi connectivity index (χ2v) is 27.6. The van der Waals surface area contributed by atoms with Crippen molar-refractivity contribution in [3.63, 3.8) is 0 Å². The van der Waals surface area contributed by atoms with Crippen LogP contribution in [0.2, 0.25) is 18.1 Å². The van der Waals surface area contributed by atoms with E-state index in [0.717, 1.165) is 38.9 Å². The molecule has 2 fully saturated rings. The smallest absolute Gasteiger partial charge is 0.410 e. The molecular weight excluding hydrogens is 1060 g/mol. The highest BCUT2D eigenvalue weighted by molar-refractivity contribution is 6.74. The number of rotatable bonds is 27. The molecule has 9 rings (SSSR count). The molecule has 0 aromatic heterocycles. The summed E-state index contributed by atoms with van der Waals surface area (Å²) in [4.78, 5) is 16.8. The van der Waals surface area contributed by atoms with Crippen LogP contribution in [-0.4, -0.2) is 105 Å². The number of carbonyl (C=O) groups excluding carboxylic acids is 1. The molecule has 13 nitrogen and oxygen atoms in total. The van der Waals surface area contributed by atoms with Crippen LogP contribution in [0.25, 0.3) is 0 Å². The maximum Gasteiger partial charge on any atom is 0.410 e. The topological polar surface area (TPSA) is 133 Å². The molecule has 1 N–H and O–H groups in total. The van der Waals surface area contributed by atoms with Gasteiger partial charge in [0, 0.05) is 0 Å². The van der Waals surface area contributed by atoms with Crippen molar-refractivity contribution < 1.29 is 57.0 Å². The number of amides is 1. The molecule has 0 spiro atoms. The molecule has 2 aliphatic heterocycles. The molecule has 1 amide bonds. The Labute approximate surface area is 491 Å². The van der Waals surface area contributed by atoms with Gasteiger partial charge in [0.05, 0.1) is 71.5 Å². The van der Waals surface area contributed by atoms with Gasteiger partial charge in [-0.1, -0.05) is 233 Å². The molecule has 2 heterocycles. The van der Waals surface area contributed by atoms with Crippen molar-refractivity contribution in [1.82, 2.24) is 4.90 Å². The number of hydrogen-bond acceptors (Lipinski definition) is 12. The van der Waals surface area contributed by atoms with Gasteiger partial charge in [-0.3, -0.25) is 4.90 Å². The molecule has 0 radical (unpaired) electrons. The minimum atomic E-state index is -2.56. The molecule has 2 aliphatic rings. The molecule has 0 bridgehead atoms. The van der Waals surface area contributed by atoms with Crippen molar-refractivity contribution in [2.24, 2.45) is 0 Å². The second-order valence-electron chi connectivity index (χ2n) is 22.8. The number of likely N-dealkylation sites (tertiary alicyclic amines) is 1. The van der Waals surface area contributed by atoms with E-state index in [9.17, 15) is 5.11 Å². The number of benzene rings is 7. The van der Waals surface area contributed by atoms with Crippen molar-refractivity contribution >= 4 is 14.4 Å². The van der Waals surface area contributed by atoms with Gasteiger partial charge in [0.1, 0.15) is 49.3 Å². The zero-order valence-electron chi connectivity index (χ0n) is 48.4. The van der Waals surface area contributed by atoms with E-state index in [1.165, 1.54) is 0 Å². The third-order valence-corrected chi connectivity index (χ3v) is 20.3. The highest BCUT2D eigenvalue weighted by atomic mass is 28.4. The van der Waals surface area contributed by atoms with E-state index >= 15 is 4.79 Å². The standard InChI is InChI=1S/C69H81NO12Si/c1-69(2,3)83(4,5)80-49-59-62(75-43-53-31-17-8-18-32-53)64(61(71)58(48-73-41-51-27-13-6-14-28-51)70(59)68(72)79-47-57-39-25-12-26-40-57)82-67-66(78-46-56-37-23-11-24-38-56)65(77-45-55-35-21-10-22-36-55)63(76-44-54-33-19-9-20-34-54)60(81-67)50-74-42-52-29-15-7-16-30-52/h6-40,58-67,71H,41-50H2,1-5H3/t58-,59-,60-,61-,62-,63-,64-,65+,66-,67-/m1/s1. The Balaban J connectivity index is 1.16. The number of hydrogen-bond donors (Lipinski definition) is 1. The van der Waals surface area contributed by atoms with Gasteiger partial charge in [0.15, 0.2) is 14.6 Å². The maximum absolute atomic E-state index is 15.3. The highest BCUT2D eigenvalue weighted by Gasteiger charge is 2.57. The third kappa shape index (κ3) is 17.4. The van der Waals surface area contributed by atoms with Crippen LogP contribution in [0, 0.1) is 0 Å². The summed E-state index contributed by atoms with van der Waals surface area (Å²) >= 11 is 0. The molecular formula is C69H81NO12Si. The average molecular weight is 1140 g/mol. The highest BCUT2D eigenvalue weighted by Crippen LogP contribution is 2.40. The Kier molecular flexibility index (Phi) is 22.4. The van der Waals surface area contributed by atoms with Gasteiger partial charge in [-0.2, -0.15) is 0 Å². The van der Waals surface area contributed by atoms with Gasteiger partial charge in [-0.05, 0) is 57.1 Å². The van der Waals surface area contributed by atoms with Crippen molar-refractivity contribution in [2.45, 2.75) is 146 Å². The zero-order chi connectivity index (χ0) is 57.9. The summed E-state index contributed by atoms with van der Waals surface area (Å²) in [6, 6.07) is 67.0. The lowest BCUT2D eigenvalue weighted by molar-refractivity contribution is -0.353. The molecule has 0 saturated carbocycles. The SMILES string of the molecule is CC(C)(C)[Si](C)(C)OC[C@@H]1[C@@H](OCc2ccccc2)[C@H](O[C@H]2O[C@H](COCc3ccccc3)[C@@H](OCc3ccccc3)[C@H](OCc3ccccc3)[C@H]2OCc2ccccc2)[C@H](O)[C@@H](COCc2ccccc2)N1C(=O)OCc1ccccc1. The van der Waals surface area contributed by atoms with E-state index in [0.29, 0.717) is 6.61 Å². The Bertz CT molecular complexity index is 2950. The summed E-state index contributed by atoms with van der Waals surface area (Å²) in [6.45, 7) is 12.0. The van der Waals surface area contributed by atoms with Crippen LogP contribution in [0.3, 0.4) is 0 Å². The van der Waals surface area contributed by atoms with E-state index in [1.807, 2.05) is 212 Å². The van der Waals surface area contributed by atoms with Crippen LogP contribution < -0.4 is 0 Å². The Morgan fingerprint density at radius 3 is 1.23 bits per heavy atom. The number of aliphatic hydroxyl groups is 1. The van der Waals surface area contributed by atoms with Crippen LogP contribution in [0.1, 0.15) is 59.7 Å². The largest absolute Gasteiger partial charge is 0.445 e. The molecule has 10 atom stereocenters. The predicted octanol–water partition coefficient (Wildman–Crippen LogP) is 12.6. The first-order valence-electron chi connectivity index (χ1n) is 28.9. The van der Waals surface area contributed by atoms with Crippen molar-refractivity contribution in [1.29, 1.82) is 0 Å². The fourth-order valence-electron chi connectivity index (χ4n) is 10.1. The fraction of sp³-hybridized carbons (Fsp3) is 0.377. The van der Waals surface area contributed by atoms with E-state index in [2.05, 4.69) is 33.9 Å². The van der Waals surface area contributed by atoms with E-state index in [4.69, 9.17) is 47.1 Å². The monoisotopic (exact) mass is 1140 g/mol. The first-order valence-corrected chi connectivity index (χ1v) is 31.8. The third-order valence-electron chi connectivity index (χ3n) is 15.8. The lowest BCUT2D eigenvalue weighted by Crippen LogP contribution is -2.72. The molecule has 2 saturated heterocycles. The number of nitrogens with zero attached hydrogens (tertiary/aromatic N) is 1. The quantitative estimate of drug-likeness (QED) is 0.0492. The Hall–Kier alpha value is -6.37. The van der Waals surface area contributed by atoms with Crippen LogP contribution in [0.15, 0.2) is 212 Å². The van der Waals surface area contributed by atoms with E-state index in [-0.39, 0.29) is 64.5 Å². The van der Waals surface area contributed by atoms with Crippen molar-refractivity contribution in [3.8, 4) is 0 Å². The summed E-state index contributed by atoms with van der Waals surface area (Å²) in [5.41, 5.74) is 6.39. The van der Waals surface area contributed by atoms with Gasteiger partial charge >= 0.3 is 6.09 Å². The van der Waals surface area contributed by atoms with Crippen LogP contribution in [0.5, 0.6) is 0 Å². The van der Waals surface area contributed by atoms with Crippen LogP contribution >= 0.6 is 0 Å². The van der Waals surface area contributed by atoms with Crippen LogP contribution in [0.4, 0.5) is 4.79 Å². The van der Waals surface area contributed by atoms with Gasteiger partial charge in [0.25, 0.3) is 0 Å². The van der Waals surface area contributed by atoms with Crippen molar-refractivity contribution in [3.05, 3.63) is 251 Å². The Morgan fingerprint density at radius 1 is 0.446 bits per heavy atom. The minimum absolute atomic E-state index is 0.0168. The summed E-state index contributed by atoms with van der Waals surface area (Å²) in [5, 5.41) is 13.3. The summed E-state index contributed by atoms with van der Waals surface area (Å²) in [6.07, 6.45) is -9.08. The number of carbonyl (C=O) groups is 1. The molecule has 0 unspecified atom stereocenters. The van der Waals surface area contributed by atoms with Crippen LogP contribution in [-0.2, 0) is 93.3 Å². The average Bonchev–Trinajstić information content (AvgIpc) is 3.68. The number of ether oxygens (including phenoxy) is 9. The zero-order valence-corrected chi connectivity index (χ0v) is 49.4. The number of piperidine rings is 1. The molecule has 438 valence electrons. The van der Waals surface area contributed by atoms with Crippen molar-refractivity contribution in [2.75, 3.05) is 19.8 Å². The van der Waals surface area contributed by atoms with E-state index in [1.54, 1.807) is 4.90 Å². The maximum atomic E-state index is 15.3. The lowest BCUT2D eigenvalue weighted by Gasteiger charge is -2.53. The second kappa shape index (κ2) is 30.4. The first kappa shape index (κ1) is 61.2.